The number of halogens is 3. The number of hydrogen-bond acceptors (Lipinski definition) is 3. The second-order valence-electron chi connectivity index (χ2n) is 8.42. The summed E-state index contributed by atoms with van der Waals surface area (Å²) in [4.78, 5) is 0. The normalized spacial score (nSPS) is 21.1. The van der Waals surface area contributed by atoms with Crippen molar-refractivity contribution in [2.45, 2.75) is 32.7 Å². The molecular formula is C21H26F3NO3S. The zero-order valence-corrected chi connectivity index (χ0v) is 17.9. The first-order valence-electron chi connectivity index (χ1n) is 9.19. The second kappa shape index (κ2) is 8.07. The van der Waals surface area contributed by atoms with Crippen molar-refractivity contribution in [3.8, 4) is 0 Å². The zero-order chi connectivity index (χ0) is 22.2. The van der Waals surface area contributed by atoms with E-state index >= 15 is 0 Å². The molecule has 0 amide bonds. The lowest BCUT2D eigenvalue weighted by molar-refractivity contribution is -0.463. The number of hydrogen-bond donors (Lipinski definition) is 0. The summed E-state index contributed by atoms with van der Waals surface area (Å²) in [6.07, 6.45) is 6.11. The fraction of sp³-hybridized carbons (Fsp3) is 0.476. The Morgan fingerprint density at radius 3 is 1.93 bits per heavy atom. The molecule has 4 nitrogen and oxygen atoms in total. The fourth-order valence-electron chi connectivity index (χ4n) is 4.04. The van der Waals surface area contributed by atoms with Crippen LogP contribution in [0.1, 0.15) is 32.8 Å². The maximum Gasteiger partial charge on any atom is 0.485 e. The Kier molecular flexibility index (Phi) is 6.49. The van der Waals surface area contributed by atoms with Gasteiger partial charge in [0.2, 0.25) is 5.71 Å². The molecular weight excluding hydrogens is 403 g/mol. The Morgan fingerprint density at radius 1 is 1.03 bits per heavy atom. The van der Waals surface area contributed by atoms with E-state index < -0.39 is 15.6 Å². The zero-order valence-electron chi connectivity index (χ0n) is 17.1. The van der Waals surface area contributed by atoms with Crippen molar-refractivity contribution in [2.24, 2.45) is 17.3 Å². The SMILES string of the molecule is C[N+](C)=C(C1=C(C(C)(C)C)[C@H]2C=C[C@@H]1C2)c1ccccc1.O=S(=O)([O-])C(F)(F)F. The molecule has 2 bridgehead atoms. The van der Waals surface area contributed by atoms with Crippen LogP contribution in [-0.4, -0.2) is 42.9 Å². The molecule has 0 aliphatic heterocycles. The van der Waals surface area contributed by atoms with E-state index in [-0.39, 0.29) is 5.41 Å². The van der Waals surface area contributed by atoms with Gasteiger partial charge in [0.1, 0.15) is 14.1 Å². The quantitative estimate of drug-likeness (QED) is 0.231. The van der Waals surface area contributed by atoms with Crippen LogP contribution in [0.25, 0.3) is 0 Å². The molecule has 29 heavy (non-hydrogen) atoms. The third-order valence-electron chi connectivity index (χ3n) is 4.96. The maximum atomic E-state index is 10.7. The van der Waals surface area contributed by atoms with E-state index in [2.05, 4.69) is 81.9 Å². The molecule has 0 heterocycles. The third kappa shape index (κ3) is 5.17. The minimum absolute atomic E-state index is 0.232. The van der Waals surface area contributed by atoms with Crippen LogP contribution in [0.4, 0.5) is 13.2 Å². The van der Waals surface area contributed by atoms with Gasteiger partial charge in [-0.3, -0.25) is 0 Å². The molecule has 0 saturated heterocycles. The Hall–Kier alpha value is -1.93. The van der Waals surface area contributed by atoms with E-state index in [1.54, 1.807) is 11.1 Å². The molecule has 0 saturated carbocycles. The number of alkyl halides is 3. The van der Waals surface area contributed by atoms with Crippen LogP contribution in [0.3, 0.4) is 0 Å². The predicted molar refractivity (Wildman–Crippen MR) is 106 cm³/mol. The van der Waals surface area contributed by atoms with Crippen molar-refractivity contribution in [1.82, 2.24) is 0 Å². The Balaban J connectivity index is 0.000000321. The number of nitrogens with zero attached hydrogens (tertiary/aromatic N) is 1. The summed E-state index contributed by atoms with van der Waals surface area (Å²) in [6.45, 7) is 7.07. The number of allylic oxidation sites excluding steroid dienone is 4. The van der Waals surface area contributed by atoms with Gasteiger partial charge in [0.15, 0.2) is 10.1 Å². The molecule has 160 valence electrons. The van der Waals surface area contributed by atoms with Gasteiger partial charge in [0.05, 0.1) is 0 Å². The van der Waals surface area contributed by atoms with Gasteiger partial charge in [-0.1, -0.05) is 51.1 Å². The lowest BCUT2D eigenvalue weighted by atomic mass is 9.76. The van der Waals surface area contributed by atoms with Crippen LogP contribution in [0.2, 0.25) is 0 Å². The molecule has 2 aliphatic rings. The Bertz CT molecular complexity index is 949. The lowest BCUT2D eigenvalue weighted by Gasteiger charge is -2.28. The van der Waals surface area contributed by atoms with Crippen molar-refractivity contribution in [1.29, 1.82) is 0 Å². The highest BCUT2D eigenvalue weighted by Gasteiger charge is 2.44. The van der Waals surface area contributed by atoms with Crippen LogP contribution in [0.5, 0.6) is 0 Å². The van der Waals surface area contributed by atoms with Gasteiger partial charge in [-0.05, 0) is 35.5 Å². The Labute approximate surface area is 170 Å². The van der Waals surface area contributed by atoms with E-state index in [1.165, 1.54) is 17.7 Å². The van der Waals surface area contributed by atoms with Crippen molar-refractivity contribution in [3.05, 3.63) is 59.2 Å². The highest BCUT2D eigenvalue weighted by Crippen LogP contribution is 2.51. The summed E-state index contributed by atoms with van der Waals surface area (Å²) in [7, 11) is -1.75. The van der Waals surface area contributed by atoms with Gasteiger partial charge in [0.25, 0.3) is 0 Å². The first-order valence-corrected chi connectivity index (χ1v) is 10.6. The maximum absolute atomic E-state index is 10.7. The van der Waals surface area contributed by atoms with Gasteiger partial charge < -0.3 is 4.55 Å². The van der Waals surface area contributed by atoms with Gasteiger partial charge in [-0.2, -0.15) is 13.2 Å². The molecule has 1 aromatic rings. The smallest absolute Gasteiger partial charge is 0.485 e. The standard InChI is InChI=1S/C20H26N.CHF3O3S/c1-20(2,3)18-16-12-11-15(13-16)17(18)19(21(4)5)14-9-7-6-8-10-14;2-1(3,4)8(5,6)7/h6-12,15-16H,13H2,1-5H3;(H,5,6,7)/q+1;/p-1/t15-,16+;/m1./s1. The van der Waals surface area contributed by atoms with Gasteiger partial charge in [-0.25, -0.2) is 13.0 Å². The first kappa shape index (κ1) is 23.3. The van der Waals surface area contributed by atoms with Crippen molar-refractivity contribution in [2.75, 3.05) is 14.1 Å². The van der Waals surface area contributed by atoms with Crippen LogP contribution >= 0.6 is 0 Å². The average molecular weight is 430 g/mol. The second-order valence-corrected chi connectivity index (χ2v) is 9.79. The average Bonchev–Trinajstić information content (AvgIpc) is 3.15. The third-order valence-corrected chi connectivity index (χ3v) is 5.52. The molecule has 8 heteroatoms. The lowest BCUT2D eigenvalue weighted by Crippen LogP contribution is -2.25. The van der Waals surface area contributed by atoms with E-state index in [1.807, 2.05) is 0 Å². The highest BCUT2D eigenvalue weighted by atomic mass is 32.2. The topological polar surface area (TPSA) is 60.2 Å². The first-order chi connectivity index (χ1) is 13.1. The Morgan fingerprint density at radius 2 is 1.52 bits per heavy atom. The largest absolute Gasteiger partial charge is 0.741 e. The summed E-state index contributed by atoms with van der Waals surface area (Å²) in [6, 6.07) is 10.8. The van der Waals surface area contributed by atoms with Crippen LogP contribution < -0.4 is 0 Å². The molecule has 3 rings (SSSR count). The number of benzene rings is 1. The fourth-order valence-corrected chi connectivity index (χ4v) is 4.04. The predicted octanol–water partition coefficient (Wildman–Crippen LogP) is 4.35. The van der Waals surface area contributed by atoms with Crippen molar-refractivity contribution >= 4 is 15.8 Å². The minimum Gasteiger partial charge on any atom is -0.741 e. The molecule has 1 aromatic carbocycles. The summed E-state index contributed by atoms with van der Waals surface area (Å²) in [5.41, 5.74) is 0.536. The molecule has 2 atom stereocenters. The van der Waals surface area contributed by atoms with Crippen molar-refractivity contribution < 1.29 is 30.7 Å². The number of rotatable bonds is 2. The van der Waals surface area contributed by atoms with E-state index in [4.69, 9.17) is 13.0 Å². The monoisotopic (exact) mass is 429 g/mol. The van der Waals surface area contributed by atoms with Gasteiger partial charge >= 0.3 is 5.51 Å². The van der Waals surface area contributed by atoms with E-state index in [9.17, 15) is 13.2 Å². The van der Waals surface area contributed by atoms with Crippen LogP contribution in [0.15, 0.2) is 53.6 Å². The van der Waals surface area contributed by atoms with Crippen LogP contribution in [0, 0.1) is 17.3 Å². The molecule has 0 spiro atoms. The van der Waals surface area contributed by atoms with Gasteiger partial charge in [0, 0.05) is 17.1 Å². The van der Waals surface area contributed by atoms with Crippen LogP contribution in [-0.2, 0) is 10.1 Å². The molecule has 2 aliphatic carbocycles. The molecule has 0 radical (unpaired) electrons. The summed E-state index contributed by atoms with van der Waals surface area (Å²) < 4.78 is 61.2. The summed E-state index contributed by atoms with van der Waals surface area (Å²) in [5, 5.41) is 0. The van der Waals surface area contributed by atoms with E-state index in [0.29, 0.717) is 11.8 Å². The molecule has 0 N–H and O–H groups in total. The van der Waals surface area contributed by atoms with E-state index in [0.717, 1.165) is 0 Å². The highest BCUT2D eigenvalue weighted by molar-refractivity contribution is 7.86. The van der Waals surface area contributed by atoms with Crippen molar-refractivity contribution in [3.63, 3.8) is 0 Å². The van der Waals surface area contributed by atoms with Gasteiger partial charge in [-0.15, -0.1) is 0 Å². The minimum atomic E-state index is -6.09. The molecule has 0 fully saturated rings. The summed E-state index contributed by atoms with van der Waals surface area (Å²) in [5.74, 6) is 1.24. The number of fused-ring (bicyclic) bond motifs is 2. The molecule has 0 unspecified atom stereocenters. The summed E-state index contributed by atoms with van der Waals surface area (Å²) >= 11 is 0. The molecule has 0 aromatic heterocycles.